The number of carbonyl (C=O) groups is 1. The van der Waals surface area contributed by atoms with Gasteiger partial charge in [-0.25, -0.2) is 4.98 Å². The van der Waals surface area contributed by atoms with Crippen LogP contribution in [0.3, 0.4) is 0 Å². The highest BCUT2D eigenvalue weighted by molar-refractivity contribution is 6.00. The number of hydrogen-bond donors (Lipinski definition) is 1. The maximum atomic E-state index is 13.0. The number of anilines is 3. The molecule has 1 aromatic heterocycles. The van der Waals surface area contributed by atoms with Gasteiger partial charge in [0.15, 0.2) is 5.82 Å². The third kappa shape index (κ3) is 4.91. The first kappa shape index (κ1) is 23.3. The Balaban J connectivity index is 1.54. The van der Waals surface area contributed by atoms with Crippen molar-refractivity contribution in [2.75, 3.05) is 35.3 Å². The number of benzene rings is 1. The Bertz CT molecular complexity index is 1020. The van der Waals surface area contributed by atoms with E-state index in [1.807, 2.05) is 13.8 Å². The van der Waals surface area contributed by atoms with E-state index in [9.17, 15) is 18.0 Å². The second kappa shape index (κ2) is 8.83. The molecule has 33 heavy (non-hydrogen) atoms. The van der Waals surface area contributed by atoms with Gasteiger partial charge in [0.05, 0.1) is 17.2 Å². The zero-order valence-electron chi connectivity index (χ0n) is 19.2. The van der Waals surface area contributed by atoms with Crippen LogP contribution in [0.4, 0.5) is 30.6 Å². The Kier molecular flexibility index (Phi) is 6.24. The predicted octanol–water partition coefficient (Wildman–Crippen LogP) is 4.90. The van der Waals surface area contributed by atoms with E-state index in [-0.39, 0.29) is 5.91 Å². The van der Waals surface area contributed by atoms with Crippen LogP contribution in [0.15, 0.2) is 30.5 Å². The number of carbonyl (C=O) groups excluding carboxylic acids is 1. The van der Waals surface area contributed by atoms with Gasteiger partial charge in [-0.1, -0.05) is 31.0 Å². The van der Waals surface area contributed by atoms with Gasteiger partial charge in [-0.2, -0.15) is 18.2 Å². The summed E-state index contributed by atoms with van der Waals surface area (Å²) < 4.78 is 38.9. The summed E-state index contributed by atoms with van der Waals surface area (Å²) in [5, 5.41) is 3.15. The summed E-state index contributed by atoms with van der Waals surface area (Å²) in [6.07, 6.45) is 2.16. The zero-order chi connectivity index (χ0) is 23.8. The lowest BCUT2D eigenvalue weighted by Gasteiger charge is -2.34. The first-order valence-electron chi connectivity index (χ1n) is 11.4. The molecule has 1 amide bonds. The molecule has 1 N–H and O–H groups in total. The van der Waals surface area contributed by atoms with Crippen molar-refractivity contribution in [3.63, 3.8) is 0 Å². The van der Waals surface area contributed by atoms with Crippen molar-refractivity contribution in [1.29, 1.82) is 0 Å². The topological polar surface area (TPSA) is 61.4 Å². The highest BCUT2D eigenvalue weighted by atomic mass is 19.4. The fourth-order valence-corrected chi connectivity index (χ4v) is 4.77. The van der Waals surface area contributed by atoms with E-state index >= 15 is 0 Å². The molecule has 1 aliphatic carbocycles. The van der Waals surface area contributed by atoms with Crippen molar-refractivity contribution in [2.45, 2.75) is 58.2 Å². The quantitative estimate of drug-likeness (QED) is 0.686. The molecule has 0 atom stereocenters. The number of halogens is 3. The smallest absolute Gasteiger partial charge is 0.354 e. The lowest BCUT2D eigenvalue weighted by molar-refractivity contribution is -0.137. The Morgan fingerprint density at radius 1 is 1.21 bits per heavy atom. The van der Waals surface area contributed by atoms with E-state index in [2.05, 4.69) is 15.2 Å². The highest BCUT2D eigenvalue weighted by Crippen LogP contribution is 2.40. The number of nitrogens with one attached hydrogen (secondary N) is 1. The Hall–Kier alpha value is -2.84. The van der Waals surface area contributed by atoms with E-state index in [4.69, 9.17) is 4.98 Å². The third-order valence-corrected chi connectivity index (χ3v) is 6.55. The molecule has 6 nitrogen and oxygen atoms in total. The molecular formula is C24H30F3N5O. The number of fused-ring (bicyclic) bond motifs is 1. The van der Waals surface area contributed by atoms with E-state index in [0.29, 0.717) is 42.8 Å². The number of rotatable bonds is 5. The summed E-state index contributed by atoms with van der Waals surface area (Å²) in [7, 11) is 1.76. The van der Waals surface area contributed by atoms with Gasteiger partial charge in [0, 0.05) is 26.2 Å². The minimum Gasteiger partial charge on any atom is -0.354 e. The molecule has 0 saturated heterocycles. The van der Waals surface area contributed by atoms with Crippen LogP contribution in [0.2, 0.25) is 0 Å². The normalized spacial score (nSPS) is 18.9. The van der Waals surface area contributed by atoms with Crippen molar-refractivity contribution in [2.24, 2.45) is 5.41 Å². The van der Waals surface area contributed by atoms with Gasteiger partial charge in [-0.3, -0.25) is 4.79 Å². The van der Waals surface area contributed by atoms with Crippen molar-refractivity contribution >= 4 is 23.4 Å². The molecule has 178 valence electrons. The number of amides is 1. The van der Waals surface area contributed by atoms with Crippen molar-refractivity contribution < 1.29 is 18.0 Å². The first-order valence-corrected chi connectivity index (χ1v) is 11.4. The molecule has 1 saturated carbocycles. The third-order valence-electron chi connectivity index (χ3n) is 6.55. The van der Waals surface area contributed by atoms with Gasteiger partial charge in [-0.05, 0) is 44.7 Å². The van der Waals surface area contributed by atoms with Crippen molar-refractivity contribution in [3.8, 4) is 0 Å². The molecule has 0 bridgehead atoms. The van der Waals surface area contributed by atoms with E-state index in [1.165, 1.54) is 12.1 Å². The molecule has 0 spiro atoms. The van der Waals surface area contributed by atoms with E-state index in [1.54, 1.807) is 24.2 Å². The SMILES string of the molecule is CN1C(=O)C(C)(C)CN(C2CCCC2)c2nc(NCCc3cccc(C(F)(F)F)c3)ncc21. The summed E-state index contributed by atoms with van der Waals surface area (Å²) in [5.41, 5.74) is 0.0613. The van der Waals surface area contributed by atoms with E-state index in [0.717, 1.165) is 37.6 Å². The fourth-order valence-electron chi connectivity index (χ4n) is 4.77. The van der Waals surface area contributed by atoms with Crippen molar-refractivity contribution in [3.05, 3.63) is 41.6 Å². The van der Waals surface area contributed by atoms with Crippen LogP contribution in [-0.2, 0) is 17.4 Å². The number of alkyl halides is 3. The average molecular weight is 462 g/mol. The van der Waals surface area contributed by atoms with Crippen LogP contribution < -0.4 is 15.1 Å². The van der Waals surface area contributed by atoms with E-state index < -0.39 is 17.2 Å². The molecule has 0 radical (unpaired) electrons. The number of hydrogen-bond acceptors (Lipinski definition) is 5. The molecule has 9 heteroatoms. The summed E-state index contributed by atoms with van der Waals surface area (Å²) in [6.45, 7) is 4.89. The Labute approximate surface area is 192 Å². The highest BCUT2D eigenvalue weighted by Gasteiger charge is 2.41. The largest absolute Gasteiger partial charge is 0.416 e. The minimum atomic E-state index is -4.36. The van der Waals surface area contributed by atoms with Crippen LogP contribution in [0.25, 0.3) is 0 Å². The monoisotopic (exact) mass is 461 g/mol. The Morgan fingerprint density at radius 2 is 1.94 bits per heavy atom. The first-order chi connectivity index (χ1) is 15.6. The minimum absolute atomic E-state index is 0.0260. The second-order valence-corrected chi connectivity index (χ2v) is 9.59. The summed E-state index contributed by atoms with van der Waals surface area (Å²) in [6, 6.07) is 5.67. The Morgan fingerprint density at radius 3 is 2.64 bits per heavy atom. The van der Waals surface area contributed by atoms with Gasteiger partial charge in [0.1, 0.15) is 5.69 Å². The summed E-state index contributed by atoms with van der Waals surface area (Å²) in [5.74, 6) is 1.17. The summed E-state index contributed by atoms with van der Waals surface area (Å²) >= 11 is 0. The van der Waals surface area contributed by atoms with Crippen molar-refractivity contribution in [1.82, 2.24) is 9.97 Å². The molecule has 1 aliphatic heterocycles. The van der Waals surface area contributed by atoms with Crippen LogP contribution in [0.5, 0.6) is 0 Å². The maximum absolute atomic E-state index is 13.0. The molecular weight excluding hydrogens is 431 g/mol. The molecule has 1 aromatic carbocycles. The zero-order valence-corrected chi connectivity index (χ0v) is 19.2. The number of nitrogens with zero attached hydrogens (tertiary/aromatic N) is 4. The molecule has 0 unspecified atom stereocenters. The van der Waals surface area contributed by atoms with Gasteiger partial charge in [0.25, 0.3) is 0 Å². The second-order valence-electron chi connectivity index (χ2n) is 9.59. The standard InChI is InChI=1S/C24H30F3N5O/c1-23(2)15-32(18-9-4-5-10-18)20-19(31(3)21(23)33)14-29-22(30-20)28-12-11-16-7-6-8-17(13-16)24(25,26)27/h6-8,13-14,18H,4-5,9-12,15H2,1-3H3,(H,28,29,30). The lowest BCUT2D eigenvalue weighted by atomic mass is 9.91. The van der Waals surface area contributed by atoms with Gasteiger partial charge in [-0.15, -0.1) is 0 Å². The van der Waals surface area contributed by atoms with Gasteiger partial charge < -0.3 is 15.1 Å². The van der Waals surface area contributed by atoms with Crippen LogP contribution >= 0.6 is 0 Å². The average Bonchev–Trinajstić information content (AvgIpc) is 3.28. The molecule has 2 aliphatic rings. The molecule has 1 fully saturated rings. The number of aromatic nitrogens is 2. The molecule has 4 rings (SSSR count). The summed E-state index contributed by atoms with van der Waals surface area (Å²) in [4.78, 5) is 26.1. The van der Waals surface area contributed by atoms with Crippen LogP contribution in [0, 0.1) is 5.41 Å². The molecule has 2 heterocycles. The fraction of sp³-hybridized carbons (Fsp3) is 0.542. The predicted molar refractivity (Wildman–Crippen MR) is 122 cm³/mol. The lowest BCUT2D eigenvalue weighted by Crippen LogP contribution is -2.45. The molecule has 2 aromatic rings. The maximum Gasteiger partial charge on any atom is 0.416 e. The van der Waals surface area contributed by atoms with Gasteiger partial charge >= 0.3 is 6.18 Å². The van der Waals surface area contributed by atoms with Crippen LogP contribution in [-0.4, -0.2) is 42.1 Å². The van der Waals surface area contributed by atoms with Gasteiger partial charge in [0.2, 0.25) is 11.9 Å². The van der Waals surface area contributed by atoms with Crippen LogP contribution in [0.1, 0.15) is 50.7 Å².